The van der Waals surface area contributed by atoms with Gasteiger partial charge in [-0.2, -0.15) is 0 Å². The summed E-state index contributed by atoms with van der Waals surface area (Å²) in [6.45, 7) is 10.2. The Morgan fingerprint density at radius 3 is 2.50 bits per heavy atom. The van der Waals surface area contributed by atoms with Crippen LogP contribution < -0.4 is 10.2 Å². The van der Waals surface area contributed by atoms with Crippen LogP contribution >= 0.6 is 0 Å². The van der Waals surface area contributed by atoms with Crippen molar-refractivity contribution >= 4 is 34.3 Å². The van der Waals surface area contributed by atoms with Gasteiger partial charge >= 0.3 is 5.97 Å². The fourth-order valence-electron chi connectivity index (χ4n) is 4.06. The number of carboxylic acid groups (broad SMARTS) is 1. The predicted octanol–water partition coefficient (Wildman–Crippen LogP) is 4.40. The number of carboxylic acids is 1. The summed E-state index contributed by atoms with van der Waals surface area (Å²) in [6.07, 6.45) is 1.60. The van der Waals surface area contributed by atoms with Crippen molar-refractivity contribution in [1.29, 1.82) is 0 Å². The lowest BCUT2D eigenvalue weighted by Gasteiger charge is -2.36. The Balaban J connectivity index is 1.97. The Labute approximate surface area is 165 Å². The van der Waals surface area contributed by atoms with E-state index in [2.05, 4.69) is 24.1 Å². The van der Waals surface area contributed by atoms with E-state index in [4.69, 9.17) is 4.98 Å². The molecule has 0 aliphatic carbocycles. The van der Waals surface area contributed by atoms with Gasteiger partial charge in [0.05, 0.1) is 11.1 Å². The number of amides is 1. The molecule has 1 aliphatic heterocycles. The fourth-order valence-corrected chi connectivity index (χ4v) is 4.06. The number of fused-ring (bicyclic) bond motifs is 1. The summed E-state index contributed by atoms with van der Waals surface area (Å²) >= 11 is 0. The number of anilines is 2. The Kier molecular flexibility index (Phi) is 5.87. The lowest BCUT2D eigenvalue weighted by Crippen LogP contribution is -2.39. The summed E-state index contributed by atoms with van der Waals surface area (Å²) in [7, 11) is 0. The largest absolute Gasteiger partial charge is 0.478 e. The van der Waals surface area contributed by atoms with E-state index >= 15 is 0 Å². The van der Waals surface area contributed by atoms with Crippen molar-refractivity contribution in [3.8, 4) is 0 Å². The highest BCUT2D eigenvalue weighted by Crippen LogP contribution is 2.30. The van der Waals surface area contributed by atoms with Crippen LogP contribution in [0.15, 0.2) is 24.3 Å². The minimum atomic E-state index is -0.989. The van der Waals surface area contributed by atoms with Crippen LogP contribution in [0.1, 0.15) is 50.9 Å². The van der Waals surface area contributed by atoms with Crippen LogP contribution in [-0.4, -0.2) is 35.1 Å². The summed E-state index contributed by atoms with van der Waals surface area (Å²) in [5.74, 6) is 0.999. The molecule has 1 aliphatic rings. The van der Waals surface area contributed by atoms with Crippen LogP contribution in [0.5, 0.6) is 0 Å². The van der Waals surface area contributed by atoms with E-state index in [0.29, 0.717) is 40.7 Å². The number of aromatic nitrogens is 1. The molecule has 6 heteroatoms. The van der Waals surface area contributed by atoms with Crippen molar-refractivity contribution in [2.45, 2.75) is 40.5 Å². The molecule has 2 unspecified atom stereocenters. The number of carbonyl (C=O) groups is 2. The van der Waals surface area contributed by atoms with Gasteiger partial charge in [-0.25, -0.2) is 9.78 Å². The van der Waals surface area contributed by atoms with Crippen molar-refractivity contribution in [3.05, 3.63) is 29.8 Å². The van der Waals surface area contributed by atoms with E-state index < -0.39 is 5.97 Å². The molecular formula is C22H29N3O3. The number of nitrogens with one attached hydrogen (secondary N) is 1. The first-order valence-electron chi connectivity index (χ1n) is 9.95. The lowest BCUT2D eigenvalue weighted by atomic mass is 9.92. The van der Waals surface area contributed by atoms with E-state index in [0.717, 1.165) is 13.1 Å². The molecule has 1 fully saturated rings. The van der Waals surface area contributed by atoms with Gasteiger partial charge in [0.2, 0.25) is 5.91 Å². The summed E-state index contributed by atoms with van der Waals surface area (Å²) in [5.41, 5.74) is 1.43. The molecule has 2 aromatic rings. The van der Waals surface area contributed by atoms with Crippen molar-refractivity contribution in [3.63, 3.8) is 0 Å². The SMILES string of the molecule is CC(C)CC(=O)Nc1ccc2nc(N3CC(C)CC(C)C3)cc(C(=O)O)c2c1. The van der Waals surface area contributed by atoms with E-state index in [1.54, 1.807) is 24.3 Å². The molecule has 2 heterocycles. The highest BCUT2D eigenvalue weighted by atomic mass is 16.4. The third kappa shape index (κ3) is 4.61. The molecule has 28 heavy (non-hydrogen) atoms. The molecule has 0 spiro atoms. The topological polar surface area (TPSA) is 82.5 Å². The van der Waals surface area contributed by atoms with E-state index in [-0.39, 0.29) is 17.4 Å². The van der Waals surface area contributed by atoms with Crippen molar-refractivity contribution < 1.29 is 14.7 Å². The molecule has 0 bridgehead atoms. The zero-order valence-corrected chi connectivity index (χ0v) is 17.0. The maximum absolute atomic E-state index is 12.1. The third-order valence-electron chi connectivity index (χ3n) is 5.10. The van der Waals surface area contributed by atoms with Crippen LogP contribution in [0, 0.1) is 17.8 Å². The molecular weight excluding hydrogens is 354 g/mol. The number of nitrogens with zero attached hydrogens (tertiary/aromatic N) is 2. The van der Waals surface area contributed by atoms with Crippen LogP contribution in [0.3, 0.4) is 0 Å². The van der Waals surface area contributed by atoms with Gasteiger partial charge in [0.1, 0.15) is 5.82 Å². The number of benzene rings is 1. The molecule has 150 valence electrons. The molecule has 1 aromatic carbocycles. The van der Waals surface area contributed by atoms with Gasteiger partial charge in [-0.3, -0.25) is 4.79 Å². The van der Waals surface area contributed by atoms with Crippen LogP contribution in [0.4, 0.5) is 11.5 Å². The summed E-state index contributed by atoms with van der Waals surface area (Å²) < 4.78 is 0. The number of piperidine rings is 1. The normalized spacial score (nSPS) is 19.8. The fraction of sp³-hybridized carbons (Fsp3) is 0.500. The molecule has 3 rings (SSSR count). The predicted molar refractivity (Wildman–Crippen MR) is 112 cm³/mol. The molecule has 2 atom stereocenters. The molecule has 1 aromatic heterocycles. The minimum Gasteiger partial charge on any atom is -0.478 e. The number of aromatic carboxylic acids is 1. The van der Waals surface area contributed by atoms with Crippen LogP contribution in [0.2, 0.25) is 0 Å². The molecule has 2 N–H and O–H groups in total. The Morgan fingerprint density at radius 2 is 1.89 bits per heavy atom. The zero-order chi connectivity index (χ0) is 20.4. The number of pyridine rings is 1. The minimum absolute atomic E-state index is 0.0768. The molecule has 1 amide bonds. The average Bonchev–Trinajstić information content (AvgIpc) is 2.59. The Hall–Kier alpha value is -2.63. The summed E-state index contributed by atoms with van der Waals surface area (Å²) in [5, 5.41) is 13.2. The van der Waals surface area contributed by atoms with Crippen molar-refractivity contribution in [2.75, 3.05) is 23.3 Å². The van der Waals surface area contributed by atoms with Gasteiger partial charge in [0, 0.05) is 30.6 Å². The second-order valence-corrected chi connectivity index (χ2v) is 8.56. The Bertz CT molecular complexity index is 884. The highest BCUT2D eigenvalue weighted by Gasteiger charge is 2.24. The monoisotopic (exact) mass is 383 g/mol. The van der Waals surface area contributed by atoms with Crippen molar-refractivity contribution in [1.82, 2.24) is 4.98 Å². The number of hydrogen-bond acceptors (Lipinski definition) is 4. The van der Waals surface area contributed by atoms with Crippen LogP contribution in [-0.2, 0) is 4.79 Å². The van der Waals surface area contributed by atoms with E-state index in [9.17, 15) is 14.7 Å². The lowest BCUT2D eigenvalue weighted by molar-refractivity contribution is -0.116. The molecule has 6 nitrogen and oxygen atoms in total. The van der Waals surface area contributed by atoms with Gasteiger partial charge in [-0.1, -0.05) is 27.7 Å². The van der Waals surface area contributed by atoms with Gasteiger partial charge in [0.25, 0.3) is 0 Å². The summed E-state index contributed by atoms with van der Waals surface area (Å²) in [4.78, 5) is 30.9. The number of carbonyl (C=O) groups excluding carboxylic acids is 1. The average molecular weight is 383 g/mol. The standard InChI is InChI=1S/C22H29N3O3/c1-13(2)7-21(26)23-16-5-6-19-17(9-16)18(22(27)28)10-20(24-19)25-11-14(3)8-15(4)12-25/h5-6,9-10,13-15H,7-8,11-12H2,1-4H3,(H,23,26)(H,27,28). The maximum atomic E-state index is 12.1. The number of rotatable bonds is 5. The molecule has 0 radical (unpaired) electrons. The van der Waals surface area contributed by atoms with Crippen molar-refractivity contribution in [2.24, 2.45) is 17.8 Å². The molecule has 1 saturated heterocycles. The van der Waals surface area contributed by atoms with Gasteiger partial charge in [-0.15, -0.1) is 0 Å². The number of hydrogen-bond donors (Lipinski definition) is 2. The smallest absolute Gasteiger partial charge is 0.336 e. The first-order valence-corrected chi connectivity index (χ1v) is 9.95. The second kappa shape index (κ2) is 8.17. The summed E-state index contributed by atoms with van der Waals surface area (Å²) in [6, 6.07) is 6.93. The maximum Gasteiger partial charge on any atom is 0.336 e. The Morgan fingerprint density at radius 1 is 1.21 bits per heavy atom. The van der Waals surface area contributed by atoms with Gasteiger partial charge in [-0.05, 0) is 48.4 Å². The van der Waals surface area contributed by atoms with Gasteiger partial charge < -0.3 is 15.3 Å². The third-order valence-corrected chi connectivity index (χ3v) is 5.10. The highest BCUT2D eigenvalue weighted by molar-refractivity contribution is 6.05. The second-order valence-electron chi connectivity index (χ2n) is 8.56. The van der Waals surface area contributed by atoms with E-state index in [1.165, 1.54) is 6.42 Å². The first-order chi connectivity index (χ1) is 13.2. The first kappa shape index (κ1) is 20.1. The molecule has 0 saturated carbocycles. The zero-order valence-electron chi connectivity index (χ0n) is 17.0. The quantitative estimate of drug-likeness (QED) is 0.800. The van der Waals surface area contributed by atoms with Gasteiger partial charge in [0.15, 0.2) is 0 Å². The van der Waals surface area contributed by atoms with E-state index in [1.807, 2.05) is 13.8 Å². The van der Waals surface area contributed by atoms with Crippen LogP contribution in [0.25, 0.3) is 10.9 Å².